The molecule has 0 saturated carbocycles. The Balaban J connectivity index is 2.51. The quantitative estimate of drug-likeness (QED) is 0.607. The third-order valence-electron chi connectivity index (χ3n) is 2.14. The van der Waals surface area contributed by atoms with Crippen molar-refractivity contribution in [2.75, 3.05) is 7.11 Å². The highest BCUT2D eigenvalue weighted by Gasteiger charge is 2.12. The third-order valence-corrected chi connectivity index (χ3v) is 3.06. The summed E-state index contributed by atoms with van der Waals surface area (Å²) in [5.74, 6) is 0.230. The van der Waals surface area contributed by atoms with E-state index >= 15 is 0 Å². The van der Waals surface area contributed by atoms with Gasteiger partial charge < -0.3 is 14.6 Å². The van der Waals surface area contributed by atoms with Crippen molar-refractivity contribution in [1.29, 1.82) is 5.41 Å². The predicted molar refractivity (Wildman–Crippen MR) is 62.1 cm³/mol. The van der Waals surface area contributed by atoms with Gasteiger partial charge in [0.1, 0.15) is 5.75 Å². The number of carbonyl (C=O) groups is 2. The number of carboxylic acid groups (broad SMARTS) is 1. The number of hydrogen-bond donors (Lipinski definition) is 2. The lowest BCUT2D eigenvalue weighted by molar-refractivity contribution is 0.121. The van der Waals surface area contributed by atoms with Gasteiger partial charge in [0.05, 0.1) is 17.3 Å². The highest BCUT2D eigenvalue weighted by molar-refractivity contribution is 7.16. The Kier molecular flexibility index (Phi) is 3.02. The lowest BCUT2D eigenvalue weighted by Gasteiger charge is -2.02. The minimum atomic E-state index is -1.23. The minimum absolute atomic E-state index is 0.118. The molecule has 1 aromatic heterocycles. The number of fused-ring (bicyclic) bond motifs is 1. The molecular weight excluding hydrogens is 260 g/mol. The van der Waals surface area contributed by atoms with Gasteiger partial charge in [0.2, 0.25) is 0 Å². The van der Waals surface area contributed by atoms with Gasteiger partial charge in [-0.15, -0.1) is 0 Å². The van der Waals surface area contributed by atoms with E-state index in [0.29, 0.717) is 10.2 Å². The Morgan fingerprint density at radius 3 is 2.78 bits per heavy atom. The molecule has 0 bridgehead atoms. The van der Waals surface area contributed by atoms with Crippen molar-refractivity contribution in [2.45, 2.75) is 0 Å². The average molecular weight is 268 g/mol. The van der Waals surface area contributed by atoms with E-state index in [4.69, 9.17) is 15.3 Å². The van der Waals surface area contributed by atoms with Crippen LogP contribution in [-0.4, -0.2) is 29.0 Å². The zero-order chi connectivity index (χ0) is 13.3. The summed E-state index contributed by atoms with van der Waals surface area (Å²) in [7, 11) is 1.19. The maximum atomic E-state index is 11.0. The fourth-order valence-corrected chi connectivity index (χ4v) is 2.33. The van der Waals surface area contributed by atoms with E-state index < -0.39 is 12.2 Å². The van der Waals surface area contributed by atoms with E-state index in [-0.39, 0.29) is 10.6 Å². The molecule has 18 heavy (non-hydrogen) atoms. The SMILES string of the molecule is COC(=O)Oc1ccc2c(c1)sc(=N)n2C(=O)O. The third kappa shape index (κ3) is 2.05. The van der Waals surface area contributed by atoms with Crippen LogP contribution in [0.25, 0.3) is 10.2 Å². The van der Waals surface area contributed by atoms with E-state index in [2.05, 4.69) is 4.74 Å². The largest absolute Gasteiger partial charge is 0.513 e. The molecule has 1 heterocycles. The molecule has 7 nitrogen and oxygen atoms in total. The summed E-state index contributed by atoms with van der Waals surface area (Å²) in [5, 5.41) is 16.5. The molecule has 0 aliphatic heterocycles. The van der Waals surface area contributed by atoms with E-state index in [1.807, 2.05) is 0 Å². The van der Waals surface area contributed by atoms with Gasteiger partial charge in [0.15, 0.2) is 4.80 Å². The van der Waals surface area contributed by atoms with Crippen LogP contribution in [0.15, 0.2) is 18.2 Å². The summed E-state index contributed by atoms with van der Waals surface area (Å²) in [6, 6.07) is 4.38. The first-order valence-electron chi connectivity index (χ1n) is 4.72. The second-order valence-electron chi connectivity index (χ2n) is 3.21. The summed E-state index contributed by atoms with van der Waals surface area (Å²) in [6.07, 6.45) is -2.09. The second kappa shape index (κ2) is 4.49. The van der Waals surface area contributed by atoms with Crippen molar-refractivity contribution >= 4 is 33.8 Å². The molecule has 2 N–H and O–H groups in total. The molecule has 0 saturated heterocycles. The Labute approximate surface area is 104 Å². The molecule has 0 unspecified atom stereocenters. The Morgan fingerprint density at radius 1 is 1.44 bits per heavy atom. The molecule has 0 spiro atoms. The molecule has 1 aromatic carbocycles. The fraction of sp³-hybridized carbons (Fsp3) is 0.100. The van der Waals surface area contributed by atoms with Crippen molar-refractivity contribution in [3.8, 4) is 5.75 Å². The Morgan fingerprint density at radius 2 is 2.17 bits per heavy atom. The van der Waals surface area contributed by atoms with Crippen LogP contribution in [0.4, 0.5) is 9.59 Å². The van der Waals surface area contributed by atoms with Gasteiger partial charge in [0, 0.05) is 6.07 Å². The molecule has 8 heteroatoms. The van der Waals surface area contributed by atoms with Crippen LogP contribution in [0.2, 0.25) is 0 Å². The molecule has 0 radical (unpaired) electrons. The maximum absolute atomic E-state index is 11.0. The second-order valence-corrected chi connectivity index (χ2v) is 4.24. The van der Waals surface area contributed by atoms with E-state index in [1.165, 1.54) is 25.3 Å². The van der Waals surface area contributed by atoms with Crippen LogP contribution in [0.3, 0.4) is 0 Å². The predicted octanol–water partition coefficient (Wildman–Crippen LogP) is 1.85. The smallest absolute Gasteiger partial charge is 0.464 e. The van der Waals surface area contributed by atoms with Crippen LogP contribution >= 0.6 is 11.3 Å². The highest BCUT2D eigenvalue weighted by atomic mass is 32.1. The number of aromatic nitrogens is 1. The van der Waals surface area contributed by atoms with Crippen molar-refractivity contribution < 1.29 is 24.2 Å². The summed E-state index contributed by atoms with van der Waals surface area (Å²) in [5.41, 5.74) is 0.370. The van der Waals surface area contributed by atoms with Gasteiger partial charge in [-0.2, -0.15) is 0 Å². The van der Waals surface area contributed by atoms with Crippen molar-refractivity contribution in [3.63, 3.8) is 0 Å². The van der Waals surface area contributed by atoms with E-state index in [9.17, 15) is 9.59 Å². The lowest BCUT2D eigenvalue weighted by atomic mass is 10.3. The average Bonchev–Trinajstić information content (AvgIpc) is 2.64. The number of rotatable bonds is 1. The van der Waals surface area contributed by atoms with E-state index in [0.717, 1.165) is 15.9 Å². The van der Waals surface area contributed by atoms with Crippen molar-refractivity contribution in [3.05, 3.63) is 23.0 Å². The first-order valence-corrected chi connectivity index (χ1v) is 5.54. The zero-order valence-electron chi connectivity index (χ0n) is 9.17. The summed E-state index contributed by atoms with van der Waals surface area (Å²) in [4.78, 5) is 21.8. The summed E-state index contributed by atoms with van der Waals surface area (Å²) < 4.78 is 10.5. The number of benzene rings is 1. The molecule has 94 valence electrons. The lowest BCUT2D eigenvalue weighted by Crippen LogP contribution is -2.19. The number of ether oxygens (including phenoxy) is 2. The summed E-state index contributed by atoms with van der Waals surface area (Å²) >= 11 is 0.973. The topological polar surface area (TPSA) is 102 Å². The molecule has 0 aliphatic carbocycles. The number of thiazole rings is 1. The molecule has 2 aromatic rings. The molecule has 0 aliphatic rings. The minimum Gasteiger partial charge on any atom is -0.464 e. The zero-order valence-corrected chi connectivity index (χ0v) is 9.98. The van der Waals surface area contributed by atoms with E-state index in [1.54, 1.807) is 0 Å². The number of carbonyl (C=O) groups excluding carboxylic acids is 1. The van der Waals surface area contributed by atoms with Crippen LogP contribution in [0, 0.1) is 5.41 Å². The van der Waals surface area contributed by atoms with Crippen LogP contribution in [-0.2, 0) is 4.74 Å². The van der Waals surface area contributed by atoms with Crippen molar-refractivity contribution in [2.24, 2.45) is 0 Å². The number of methoxy groups -OCH3 is 1. The Bertz CT molecular complexity index is 687. The standard InChI is InChI=1S/C10H8N2O5S/c1-16-10(15)17-5-2-3-6-7(4-5)18-8(11)12(6)9(13)14/h2-4,11H,1H3,(H,13,14). The van der Waals surface area contributed by atoms with Gasteiger partial charge in [0.25, 0.3) is 0 Å². The van der Waals surface area contributed by atoms with Gasteiger partial charge in [-0.25, -0.2) is 14.2 Å². The Hall–Kier alpha value is -2.35. The molecule has 0 fully saturated rings. The van der Waals surface area contributed by atoms with Crippen molar-refractivity contribution in [1.82, 2.24) is 4.57 Å². The number of nitrogens with zero attached hydrogens (tertiary/aromatic N) is 1. The fourth-order valence-electron chi connectivity index (χ4n) is 1.41. The monoisotopic (exact) mass is 268 g/mol. The maximum Gasteiger partial charge on any atom is 0.513 e. The molecule has 2 rings (SSSR count). The van der Waals surface area contributed by atoms with Crippen LogP contribution in [0.5, 0.6) is 5.75 Å². The van der Waals surface area contributed by atoms with Gasteiger partial charge in [-0.3, -0.25) is 5.41 Å². The first kappa shape index (κ1) is 12.1. The normalized spacial score (nSPS) is 10.3. The molecular formula is C10H8N2O5S. The molecule has 0 atom stereocenters. The number of nitrogens with one attached hydrogen (secondary N) is 1. The highest BCUT2D eigenvalue weighted by Crippen LogP contribution is 2.23. The van der Waals surface area contributed by atoms with Gasteiger partial charge in [-0.05, 0) is 12.1 Å². The first-order chi connectivity index (χ1) is 8.52. The van der Waals surface area contributed by atoms with Gasteiger partial charge >= 0.3 is 12.2 Å². The van der Waals surface area contributed by atoms with Crippen LogP contribution in [0.1, 0.15) is 0 Å². The molecule has 0 amide bonds. The summed E-state index contributed by atoms with van der Waals surface area (Å²) in [6.45, 7) is 0. The number of hydrogen-bond acceptors (Lipinski definition) is 6. The van der Waals surface area contributed by atoms with Gasteiger partial charge in [-0.1, -0.05) is 11.3 Å². The van der Waals surface area contributed by atoms with Crippen LogP contribution < -0.4 is 9.54 Å².